The molecule has 0 radical (unpaired) electrons. The summed E-state index contributed by atoms with van der Waals surface area (Å²) < 4.78 is 0. The summed E-state index contributed by atoms with van der Waals surface area (Å²) in [6.45, 7) is 0. The van der Waals surface area contributed by atoms with Crippen LogP contribution < -0.4 is 5.32 Å². The van der Waals surface area contributed by atoms with E-state index in [0.29, 0.717) is 5.56 Å². The summed E-state index contributed by atoms with van der Waals surface area (Å²) in [6, 6.07) is 16.4. The highest BCUT2D eigenvalue weighted by atomic mass is 16.6. The Morgan fingerprint density at radius 3 is 2.38 bits per heavy atom. The second-order valence-electron chi connectivity index (χ2n) is 4.72. The number of benzene rings is 2. The lowest BCUT2D eigenvalue weighted by Crippen LogP contribution is -2.21. The summed E-state index contributed by atoms with van der Waals surface area (Å²) in [5, 5.41) is 22.2. The topological polar surface area (TPSA) is 96.0 Å². The molecule has 0 unspecified atom stereocenters. The summed E-state index contributed by atoms with van der Waals surface area (Å²) in [5.41, 5.74) is 1.30. The normalized spacial score (nSPS) is 11.0. The van der Waals surface area contributed by atoms with Gasteiger partial charge in [-0.15, -0.1) is 0 Å². The van der Waals surface area contributed by atoms with Gasteiger partial charge in [0.15, 0.2) is 0 Å². The van der Waals surface area contributed by atoms with E-state index >= 15 is 0 Å². The smallest absolute Gasteiger partial charge is 0.269 e. The molecule has 0 aliphatic rings. The Hall–Kier alpha value is -3.72. The molecule has 0 saturated heterocycles. The fourth-order valence-electron chi connectivity index (χ4n) is 1.85. The van der Waals surface area contributed by atoms with E-state index in [9.17, 15) is 14.9 Å². The molecule has 24 heavy (non-hydrogen) atoms. The maximum atomic E-state index is 12.0. The summed E-state index contributed by atoms with van der Waals surface area (Å²) in [5.74, 6) is -0.368. The van der Waals surface area contributed by atoms with Crippen LogP contribution in [0.1, 0.15) is 15.9 Å². The van der Waals surface area contributed by atoms with Gasteiger partial charge in [-0.25, -0.2) is 0 Å². The number of carbonyl (C=O) groups excluding carboxylic acids is 1. The molecule has 2 aromatic carbocycles. The maximum Gasteiger partial charge on any atom is 0.269 e. The Kier molecular flexibility index (Phi) is 5.59. The molecule has 0 aromatic heterocycles. The van der Waals surface area contributed by atoms with Crippen LogP contribution in [-0.4, -0.2) is 10.8 Å². The second kappa shape index (κ2) is 8.06. The number of nitro groups is 1. The van der Waals surface area contributed by atoms with Crippen LogP contribution in [-0.2, 0) is 0 Å². The van der Waals surface area contributed by atoms with E-state index in [2.05, 4.69) is 5.32 Å². The van der Waals surface area contributed by atoms with E-state index in [0.717, 1.165) is 5.56 Å². The van der Waals surface area contributed by atoms with Crippen LogP contribution in [0.3, 0.4) is 0 Å². The van der Waals surface area contributed by atoms with Gasteiger partial charge in [-0.2, -0.15) is 5.26 Å². The first-order valence-corrected chi connectivity index (χ1v) is 6.99. The second-order valence-corrected chi connectivity index (χ2v) is 4.72. The van der Waals surface area contributed by atoms with Crippen molar-refractivity contribution in [2.24, 2.45) is 0 Å². The Morgan fingerprint density at radius 1 is 1.12 bits per heavy atom. The van der Waals surface area contributed by atoms with Crippen LogP contribution in [0.5, 0.6) is 0 Å². The summed E-state index contributed by atoms with van der Waals surface area (Å²) in [6.07, 6.45) is 4.73. The largest absolute Gasteiger partial charge is 0.313 e. The van der Waals surface area contributed by atoms with E-state index in [4.69, 9.17) is 5.26 Å². The monoisotopic (exact) mass is 319 g/mol. The molecule has 0 bridgehead atoms. The van der Waals surface area contributed by atoms with E-state index in [1.807, 2.05) is 6.07 Å². The number of nitro benzene ring substituents is 1. The van der Waals surface area contributed by atoms with Crippen LogP contribution in [0.4, 0.5) is 5.69 Å². The van der Waals surface area contributed by atoms with Gasteiger partial charge in [0.25, 0.3) is 11.6 Å². The molecule has 0 spiro atoms. The summed E-state index contributed by atoms with van der Waals surface area (Å²) in [7, 11) is 0. The Balaban J connectivity index is 2.04. The van der Waals surface area contributed by atoms with Crippen molar-refractivity contribution in [3.8, 4) is 6.07 Å². The third-order valence-corrected chi connectivity index (χ3v) is 3.06. The zero-order valence-corrected chi connectivity index (χ0v) is 12.5. The first-order valence-electron chi connectivity index (χ1n) is 6.99. The average Bonchev–Trinajstić information content (AvgIpc) is 2.61. The van der Waals surface area contributed by atoms with Crippen molar-refractivity contribution in [3.63, 3.8) is 0 Å². The third-order valence-electron chi connectivity index (χ3n) is 3.06. The highest BCUT2D eigenvalue weighted by Crippen LogP contribution is 2.13. The van der Waals surface area contributed by atoms with Crippen LogP contribution in [0, 0.1) is 21.4 Å². The molecule has 0 aliphatic carbocycles. The Morgan fingerprint density at radius 2 is 1.79 bits per heavy atom. The zero-order chi connectivity index (χ0) is 17.4. The SMILES string of the molecule is N#C/C(=C\C=C\c1ccc([N+](=O)[O-])cc1)NC(=O)c1ccccc1. The Bertz CT molecular complexity index is 832. The molecule has 2 aromatic rings. The number of nitrogens with one attached hydrogen (secondary N) is 1. The highest BCUT2D eigenvalue weighted by Gasteiger charge is 2.06. The van der Waals surface area contributed by atoms with Crippen molar-refractivity contribution in [2.75, 3.05) is 0 Å². The number of carbonyl (C=O) groups is 1. The average molecular weight is 319 g/mol. The third kappa shape index (κ3) is 4.64. The predicted octanol–water partition coefficient (Wildman–Crippen LogP) is 3.45. The van der Waals surface area contributed by atoms with E-state index in [1.165, 1.54) is 18.2 Å². The molecule has 0 aliphatic heterocycles. The number of amides is 1. The van der Waals surface area contributed by atoms with Crippen molar-refractivity contribution >= 4 is 17.7 Å². The molecule has 118 valence electrons. The van der Waals surface area contributed by atoms with Gasteiger partial charge in [-0.3, -0.25) is 14.9 Å². The van der Waals surface area contributed by atoms with Gasteiger partial charge >= 0.3 is 0 Å². The minimum atomic E-state index is -0.472. The van der Waals surface area contributed by atoms with Gasteiger partial charge in [0, 0.05) is 17.7 Å². The lowest BCUT2D eigenvalue weighted by atomic mass is 10.2. The fourth-order valence-corrected chi connectivity index (χ4v) is 1.85. The van der Waals surface area contributed by atoms with E-state index < -0.39 is 4.92 Å². The van der Waals surface area contributed by atoms with Gasteiger partial charge in [-0.1, -0.05) is 30.4 Å². The number of allylic oxidation sites excluding steroid dienone is 3. The van der Waals surface area contributed by atoms with Crippen LogP contribution in [0.15, 0.2) is 72.4 Å². The predicted molar refractivity (Wildman–Crippen MR) is 89.7 cm³/mol. The molecule has 6 nitrogen and oxygen atoms in total. The Labute approximate surface area is 138 Å². The first kappa shape index (κ1) is 16.6. The van der Waals surface area contributed by atoms with Gasteiger partial charge in [-0.05, 0) is 35.9 Å². The summed E-state index contributed by atoms with van der Waals surface area (Å²) >= 11 is 0. The minimum absolute atomic E-state index is 0.00975. The maximum absolute atomic E-state index is 12.0. The van der Waals surface area contributed by atoms with Crippen molar-refractivity contribution < 1.29 is 9.72 Å². The fraction of sp³-hybridized carbons (Fsp3) is 0. The number of hydrogen-bond acceptors (Lipinski definition) is 4. The van der Waals surface area contributed by atoms with Crippen molar-refractivity contribution in [1.29, 1.82) is 5.26 Å². The first-order chi connectivity index (χ1) is 11.6. The van der Waals surface area contributed by atoms with Gasteiger partial charge in [0.1, 0.15) is 11.8 Å². The molecule has 2 rings (SSSR count). The highest BCUT2D eigenvalue weighted by molar-refractivity contribution is 5.95. The van der Waals surface area contributed by atoms with E-state index in [-0.39, 0.29) is 17.3 Å². The quantitative estimate of drug-likeness (QED) is 0.395. The molecular formula is C18H13N3O3. The van der Waals surface area contributed by atoms with Crippen LogP contribution >= 0.6 is 0 Å². The number of nitrogens with zero attached hydrogens (tertiary/aromatic N) is 2. The lowest BCUT2D eigenvalue weighted by Gasteiger charge is -2.02. The minimum Gasteiger partial charge on any atom is -0.313 e. The van der Waals surface area contributed by atoms with E-state index in [1.54, 1.807) is 54.6 Å². The molecule has 0 fully saturated rings. The molecule has 0 heterocycles. The van der Waals surface area contributed by atoms with Crippen LogP contribution in [0.25, 0.3) is 6.08 Å². The number of nitriles is 1. The number of hydrogen-bond donors (Lipinski definition) is 1. The molecule has 1 amide bonds. The van der Waals surface area contributed by atoms with Gasteiger partial charge < -0.3 is 5.32 Å². The van der Waals surface area contributed by atoms with Crippen molar-refractivity contribution in [3.05, 3.63) is 93.7 Å². The van der Waals surface area contributed by atoms with Gasteiger partial charge in [0.2, 0.25) is 0 Å². The molecular weight excluding hydrogens is 306 g/mol. The molecule has 0 saturated carbocycles. The van der Waals surface area contributed by atoms with Crippen LogP contribution in [0.2, 0.25) is 0 Å². The van der Waals surface area contributed by atoms with Gasteiger partial charge in [0.05, 0.1) is 4.92 Å². The lowest BCUT2D eigenvalue weighted by molar-refractivity contribution is -0.384. The molecule has 1 N–H and O–H groups in total. The van der Waals surface area contributed by atoms with Crippen molar-refractivity contribution in [1.82, 2.24) is 5.32 Å². The summed E-state index contributed by atoms with van der Waals surface area (Å²) in [4.78, 5) is 22.1. The molecule has 0 atom stereocenters. The number of rotatable bonds is 5. The zero-order valence-electron chi connectivity index (χ0n) is 12.5. The number of non-ortho nitro benzene ring substituents is 1. The van der Waals surface area contributed by atoms with Crippen molar-refractivity contribution in [2.45, 2.75) is 0 Å². The standard InChI is InChI=1S/C18H13N3O3/c19-13-16(20-18(22)15-6-2-1-3-7-15)8-4-5-14-9-11-17(12-10-14)21(23)24/h1-12H,(H,20,22)/b5-4+,16-8+. The molecule has 6 heteroatoms.